The summed E-state index contributed by atoms with van der Waals surface area (Å²) in [7, 11) is -1.49. The van der Waals surface area contributed by atoms with E-state index in [-0.39, 0.29) is 17.3 Å². The molecule has 2 unspecified atom stereocenters. The van der Waals surface area contributed by atoms with Crippen LogP contribution in [0.3, 0.4) is 0 Å². The quantitative estimate of drug-likeness (QED) is 0.528. The molecule has 0 radical (unpaired) electrons. The van der Waals surface area contributed by atoms with Gasteiger partial charge in [-0.2, -0.15) is 0 Å². The van der Waals surface area contributed by atoms with Crippen molar-refractivity contribution in [3.8, 4) is 0 Å². The minimum atomic E-state index is -1.49. The predicted molar refractivity (Wildman–Crippen MR) is 56.7 cm³/mol. The minimum Gasteiger partial charge on any atom is -0.414 e. The highest BCUT2D eigenvalue weighted by Gasteiger charge is 2.30. The third-order valence-corrected chi connectivity index (χ3v) is 3.54. The fourth-order valence-electron chi connectivity index (χ4n) is 1.55. The first-order valence-corrected chi connectivity index (χ1v) is 8.57. The Balaban J connectivity index is 2.42. The highest BCUT2D eigenvalue weighted by Crippen LogP contribution is 2.24. The van der Waals surface area contributed by atoms with E-state index in [0.717, 1.165) is 12.8 Å². The smallest absolute Gasteiger partial charge is 0.184 e. The molecular weight excluding hydrogens is 204 g/mol. The largest absolute Gasteiger partial charge is 0.414 e. The molecule has 2 atom stereocenters. The van der Waals surface area contributed by atoms with Crippen LogP contribution in [0, 0.1) is 0 Å². The summed E-state index contributed by atoms with van der Waals surface area (Å²) in [5.41, 5.74) is 0. The van der Waals surface area contributed by atoms with Crippen LogP contribution in [-0.2, 0) is 9.22 Å². The minimum absolute atomic E-state index is 0.133. The van der Waals surface area contributed by atoms with Crippen molar-refractivity contribution in [2.45, 2.75) is 50.4 Å². The van der Waals surface area contributed by atoms with Gasteiger partial charge in [0.15, 0.2) is 14.1 Å². The van der Waals surface area contributed by atoms with E-state index in [0.29, 0.717) is 6.42 Å². The number of alkyl halides is 1. The van der Waals surface area contributed by atoms with Crippen molar-refractivity contribution < 1.29 is 9.22 Å². The van der Waals surface area contributed by atoms with Gasteiger partial charge in [0.25, 0.3) is 0 Å². The third-order valence-electron chi connectivity index (χ3n) is 2.04. The van der Waals surface area contributed by atoms with Crippen LogP contribution in [0.15, 0.2) is 0 Å². The van der Waals surface area contributed by atoms with E-state index >= 15 is 0 Å². The van der Waals surface area contributed by atoms with Crippen LogP contribution in [0.25, 0.3) is 0 Å². The molecule has 0 aromatic carbocycles. The number of hydrogen-bond donors (Lipinski definition) is 0. The molecule has 13 heavy (non-hydrogen) atoms. The van der Waals surface area contributed by atoms with E-state index < -0.39 is 8.32 Å². The van der Waals surface area contributed by atoms with Crippen molar-refractivity contribution in [2.75, 3.05) is 0 Å². The first kappa shape index (κ1) is 11.2. The zero-order valence-corrected chi connectivity index (χ0v) is 10.2. The Morgan fingerprint density at radius 3 is 2.46 bits per heavy atom. The molecule has 0 aromatic rings. The molecule has 1 aliphatic rings. The van der Waals surface area contributed by atoms with Gasteiger partial charge >= 0.3 is 0 Å². The SMILES string of the molecule is C[Si](C)(C)OC1CCC(Cl)C(=O)C1. The second-order valence-electron chi connectivity index (χ2n) is 4.57. The predicted octanol–water partition coefficient (Wildman–Crippen LogP) is 2.57. The topological polar surface area (TPSA) is 26.3 Å². The zero-order chi connectivity index (χ0) is 10.1. The van der Waals surface area contributed by atoms with Crippen LogP contribution in [-0.4, -0.2) is 25.6 Å². The van der Waals surface area contributed by atoms with Crippen molar-refractivity contribution in [3.05, 3.63) is 0 Å². The Morgan fingerprint density at radius 1 is 1.38 bits per heavy atom. The normalized spacial score (nSPS) is 30.6. The maximum Gasteiger partial charge on any atom is 0.184 e. The van der Waals surface area contributed by atoms with Crippen LogP contribution >= 0.6 is 11.6 Å². The van der Waals surface area contributed by atoms with Crippen molar-refractivity contribution >= 4 is 25.7 Å². The molecule has 0 aliphatic heterocycles. The Kier molecular flexibility index (Phi) is 3.55. The van der Waals surface area contributed by atoms with Gasteiger partial charge in [0, 0.05) is 6.42 Å². The Labute approximate surface area is 85.7 Å². The molecule has 1 saturated carbocycles. The van der Waals surface area contributed by atoms with Gasteiger partial charge in [-0.25, -0.2) is 0 Å². The van der Waals surface area contributed by atoms with E-state index in [2.05, 4.69) is 19.6 Å². The Morgan fingerprint density at radius 2 is 2.00 bits per heavy atom. The van der Waals surface area contributed by atoms with E-state index in [1.165, 1.54) is 0 Å². The first-order valence-electron chi connectivity index (χ1n) is 4.73. The molecule has 0 spiro atoms. The third kappa shape index (κ3) is 3.79. The lowest BCUT2D eigenvalue weighted by Gasteiger charge is -2.30. The lowest BCUT2D eigenvalue weighted by molar-refractivity contribution is -0.122. The van der Waals surface area contributed by atoms with Gasteiger partial charge in [-0.15, -0.1) is 11.6 Å². The fourth-order valence-corrected chi connectivity index (χ4v) is 2.96. The van der Waals surface area contributed by atoms with Gasteiger partial charge in [-0.1, -0.05) is 0 Å². The molecule has 1 rings (SSSR count). The summed E-state index contributed by atoms with van der Waals surface area (Å²) in [6.45, 7) is 6.43. The number of rotatable bonds is 2. The number of ketones is 1. The lowest BCUT2D eigenvalue weighted by atomic mass is 9.96. The molecule has 0 amide bonds. The van der Waals surface area contributed by atoms with E-state index in [4.69, 9.17) is 16.0 Å². The summed E-state index contributed by atoms with van der Waals surface area (Å²) in [5, 5.41) is -0.263. The number of hydrogen-bond acceptors (Lipinski definition) is 2. The lowest BCUT2D eigenvalue weighted by Crippen LogP contribution is -2.37. The molecule has 0 heterocycles. The van der Waals surface area contributed by atoms with Gasteiger partial charge in [0.05, 0.1) is 11.5 Å². The molecule has 0 N–H and O–H groups in total. The molecule has 0 bridgehead atoms. The maximum absolute atomic E-state index is 11.3. The zero-order valence-electron chi connectivity index (χ0n) is 8.47. The van der Waals surface area contributed by atoms with Gasteiger partial charge < -0.3 is 4.43 Å². The average molecular weight is 221 g/mol. The van der Waals surface area contributed by atoms with E-state index in [1.807, 2.05) is 0 Å². The van der Waals surface area contributed by atoms with E-state index in [1.54, 1.807) is 0 Å². The molecule has 0 saturated heterocycles. The summed E-state index contributed by atoms with van der Waals surface area (Å²) in [4.78, 5) is 11.3. The summed E-state index contributed by atoms with van der Waals surface area (Å²) < 4.78 is 5.86. The Hall–Kier alpha value is 0.137. The number of Topliss-reactive ketones (excluding diaryl/α,β-unsaturated/α-hetero) is 1. The van der Waals surface area contributed by atoms with Crippen molar-refractivity contribution in [3.63, 3.8) is 0 Å². The maximum atomic E-state index is 11.3. The number of halogens is 1. The second kappa shape index (κ2) is 4.11. The fraction of sp³-hybridized carbons (Fsp3) is 0.889. The van der Waals surface area contributed by atoms with Crippen molar-refractivity contribution in [1.29, 1.82) is 0 Å². The monoisotopic (exact) mass is 220 g/mol. The van der Waals surface area contributed by atoms with Gasteiger partial charge in [0.2, 0.25) is 0 Å². The van der Waals surface area contributed by atoms with Crippen LogP contribution in [0.2, 0.25) is 19.6 Å². The summed E-state index contributed by atoms with van der Waals surface area (Å²) in [6, 6.07) is 0. The van der Waals surface area contributed by atoms with Crippen molar-refractivity contribution in [1.82, 2.24) is 0 Å². The number of carbonyl (C=O) groups is 1. The molecule has 0 aromatic heterocycles. The Bertz CT molecular complexity index is 200. The van der Waals surface area contributed by atoms with Crippen molar-refractivity contribution in [2.24, 2.45) is 0 Å². The van der Waals surface area contributed by atoms with Gasteiger partial charge in [-0.3, -0.25) is 4.79 Å². The van der Waals surface area contributed by atoms with E-state index in [9.17, 15) is 4.79 Å². The standard InChI is InChI=1S/C9H17ClO2Si/c1-13(2,3)12-7-4-5-8(10)9(11)6-7/h7-8H,4-6H2,1-3H3. The van der Waals surface area contributed by atoms with Crippen LogP contribution in [0.5, 0.6) is 0 Å². The molecule has 2 nitrogen and oxygen atoms in total. The van der Waals surface area contributed by atoms with Gasteiger partial charge in [0.1, 0.15) is 0 Å². The summed E-state index contributed by atoms with van der Waals surface area (Å²) in [5.74, 6) is 0.149. The molecule has 4 heteroatoms. The first-order chi connectivity index (χ1) is 5.88. The number of carbonyl (C=O) groups excluding carboxylic acids is 1. The molecular formula is C9H17ClO2Si. The highest BCUT2D eigenvalue weighted by atomic mass is 35.5. The molecule has 1 aliphatic carbocycles. The van der Waals surface area contributed by atoms with Crippen LogP contribution in [0.4, 0.5) is 0 Å². The average Bonchev–Trinajstić information content (AvgIpc) is 1.94. The summed E-state index contributed by atoms with van der Waals surface area (Å²) in [6.07, 6.45) is 2.35. The van der Waals surface area contributed by atoms with Gasteiger partial charge in [-0.05, 0) is 32.5 Å². The van der Waals surface area contributed by atoms with Crippen LogP contribution < -0.4 is 0 Å². The molecule has 1 fully saturated rings. The molecule has 76 valence electrons. The highest BCUT2D eigenvalue weighted by molar-refractivity contribution is 6.69. The summed E-state index contributed by atoms with van der Waals surface area (Å²) >= 11 is 5.81. The van der Waals surface area contributed by atoms with Crippen LogP contribution in [0.1, 0.15) is 19.3 Å². The second-order valence-corrected chi connectivity index (χ2v) is 9.55.